The maximum Gasteiger partial charge on any atom is 0.161 e. The fourth-order valence-corrected chi connectivity index (χ4v) is 4.71. The van der Waals surface area contributed by atoms with Gasteiger partial charge in [-0.2, -0.15) is 0 Å². The predicted molar refractivity (Wildman–Crippen MR) is 147 cm³/mol. The van der Waals surface area contributed by atoms with Gasteiger partial charge >= 0.3 is 0 Å². The molecule has 0 saturated carbocycles. The van der Waals surface area contributed by atoms with Crippen LogP contribution in [-0.2, 0) is 25.8 Å². The molecule has 1 heterocycles. The molecule has 5 nitrogen and oxygen atoms in total. The second-order valence-corrected chi connectivity index (χ2v) is 9.02. The molecule has 1 aliphatic rings. The lowest BCUT2D eigenvalue weighted by atomic mass is 9.98. The molecule has 0 fully saturated rings. The van der Waals surface area contributed by atoms with Crippen molar-refractivity contribution in [3.8, 4) is 23.0 Å². The van der Waals surface area contributed by atoms with Crippen LogP contribution in [0, 0.1) is 0 Å². The average Bonchev–Trinajstić information content (AvgIpc) is 2.91. The van der Waals surface area contributed by atoms with Crippen LogP contribution in [0.25, 0.3) is 0 Å². The van der Waals surface area contributed by atoms with Gasteiger partial charge in [0.2, 0.25) is 0 Å². The van der Waals surface area contributed by atoms with E-state index < -0.39 is 0 Å². The molecule has 6 heteroatoms. The van der Waals surface area contributed by atoms with Crippen LogP contribution in [0.1, 0.15) is 35.1 Å². The zero-order valence-electron chi connectivity index (χ0n) is 21.6. The van der Waals surface area contributed by atoms with Crippen molar-refractivity contribution in [3.05, 3.63) is 82.9 Å². The third kappa shape index (κ3) is 7.31. The molecule has 0 saturated heterocycles. The zero-order valence-corrected chi connectivity index (χ0v) is 22.4. The summed E-state index contributed by atoms with van der Waals surface area (Å²) in [5.41, 5.74) is 5.24. The van der Waals surface area contributed by atoms with E-state index >= 15 is 0 Å². The number of aryl methyl sites for hydroxylation is 2. The Labute approximate surface area is 221 Å². The van der Waals surface area contributed by atoms with Gasteiger partial charge in [0.05, 0.1) is 27.9 Å². The second kappa shape index (κ2) is 14.0. The van der Waals surface area contributed by atoms with Gasteiger partial charge in [-0.1, -0.05) is 30.3 Å². The molecule has 0 unspecified atom stereocenters. The summed E-state index contributed by atoms with van der Waals surface area (Å²) in [6, 6.07) is 20.9. The van der Waals surface area contributed by atoms with Gasteiger partial charge < -0.3 is 18.9 Å². The highest BCUT2D eigenvalue weighted by Crippen LogP contribution is 2.33. The van der Waals surface area contributed by atoms with Crippen LogP contribution >= 0.6 is 12.4 Å². The van der Waals surface area contributed by atoms with Crippen molar-refractivity contribution in [2.45, 2.75) is 38.6 Å². The number of methoxy groups -OCH3 is 3. The number of rotatable bonds is 12. The van der Waals surface area contributed by atoms with E-state index in [0.717, 1.165) is 81.3 Å². The Morgan fingerprint density at radius 1 is 0.750 bits per heavy atom. The van der Waals surface area contributed by atoms with Crippen molar-refractivity contribution in [2.75, 3.05) is 41.0 Å². The first-order valence-corrected chi connectivity index (χ1v) is 12.5. The molecule has 0 radical (unpaired) electrons. The van der Waals surface area contributed by atoms with Crippen molar-refractivity contribution < 1.29 is 18.9 Å². The number of halogens is 1. The lowest BCUT2D eigenvalue weighted by molar-refractivity contribution is 0.233. The highest BCUT2D eigenvalue weighted by atomic mass is 35.5. The average molecular weight is 512 g/mol. The van der Waals surface area contributed by atoms with Crippen molar-refractivity contribution in [1.82, 2.24) is 4.90 Å². The van der Waals surface area contributed by atoms with Crippen LogP contribution in [0.2, 0.25) is 0 Å². The SMILES string of the molecule is COc1cccc(CCc2ccccc2OCCCCN2CCc3cc(OC)c(OC)cc3C2)c1.Cl. The van der Waals surface area contributed by atoms with E-state index in [1.54, 1.807) is 21.3 Å². The third-order valence-electron chi connectivity index (χ3n) is 6.71. The molecule has 1 aliphatic heterocycles. The van der Waals surface area contributed by atoms with Gasteiger partial charge in [0.15, 0.2) is 11.5 Å². The maximum atomic E-state index is 6.20. The van der Waals surface area contributed by atoms with E-state index in [4.69, 9.17) is 18.9 Å². The fraction of sp³-hybridized carbons (Fsp3) is 0.400. The molecule has 0 aromatic heterocycles. The number of benzene rings is 3. The van der Waals surface area contributed by atoms with Crippen molar-refractivity contribution in [2.24, 2.45) is 0 Å². The lowest BCUT2D eigenvalue weighted by Gasteiger charge is -2.29. The number of unbranched alkanes of at least 4 members (excludes halogenated alkanes) is 1. The summed E-state index contributed by atoms with van der Waals surface area (Å²) >= 11 is 0. The number of para-hydroxylation sites is 1. The van der Waals surface area contributed by atoms with Gasteiger partial charge in [-0.15, -0.1) is 12.4 Å². The summed E-state index contributed by atoms with van der Waals surface area (Å²) < 4.78 is 22.5. The molecular weight excluding hydrogens is 474 g/mol. The Morgan fingerprint density at radius 2 is 1.53 bits per heavy atom. The first kappa shape index (κ1) is 27.7. The van der Waals surface area contributed by atoms with Crippen LogP contribution in [-0.4, -0.2) is 45.9 Å². The number of hydrogen-bond acceptors (Lipinski definition) is 5. The van der Waals surface area contributed by atoms with Gasteiger partial charge in [-0.3, -0.25) is 4.90 Å². The predicted octanol–water partition coefficient (Wildman–Crippen LogP) is 6.14. The molecule has 3 aromatic carbocycles. The molecule has 0 atom stereocenters. The second-order valence-electron chi connectivity index (χ2n) is 9.02. The molecule has 0 bridgehead atoms. The van der Waals surface area contributed by atoms with Gasteiger partial charge in [0.1, 0.15) is 11.5 Å². The molecule has 36 heavy (non-hydrogen) atoms. The highest BCUT2D eigenvalue weighted by molar-refractivity contribution is 5.85. The Balaban J connectivity index is 0.00000361. The monoisotopic (exact) mass is 511 g/mol. The smallest absolute Gasteiger partial charge is 0.161 e. The summed E-state index contributed by atoms with van der Waals surface area (Å²) in [4.78, 5) is 2.52. The molecule has 0 amide bonds. The fourth-order valence-electron chi connectivity index (χ4n) is 4.71. The molecule has 4 rings (SSSR count). The van der Waals surface area contributed by atoms with Crippen LogP contribution in [0.15, 0.2) is 60.7 Å². The van der Waals surface area contributed by atoms with Crippen LogP contribution in [0.4, 0.5) is 0 Å². The van der Waals surface area contributed by atoms with Gasteiger partial charge in [0, 0.05) is 13.1 Å². The largest absolute Gasteiger partial charge is 0.497 e. The van der Waals surface area contributed by atoms with E-state index in [0.29, 0.717) is 0 Å². The van der Waals surface area contributed by atoms with Gasteiger partial charge in [-0.25, -0.2) is 0 Å². The standard InChI is InChI=1S/C30H37NO4.ClH/c1-32-27-11-8-9-23(19-27)13-14-24-10-4-5-12-28(24)35-18-7-6-16-31-17-15-25-20-29(33-2)30(34-3)21-26(25)22-31;/h4-5,8-12,19-21H,6-7,13-18,22H2,1-3H3;1H. The minimum absolute atomic E-state index is 0. The summed E-state index contributed by atoms with van der Waals surface area (Å²) in [5, 5.41) is 0. The Bertz CT molecular complexity index is 1100. The maximum absolute atomic E-state index is 6.20. The van der Waals surface area contributed by atoms with E-state index in [1.165, 1.54) is 22.3 Å². The van der Waals surface area contributed by atoms with Gasteiger partial charge in [-0.05, 0) is 91.2 Å². The van der Waals surface area contributed by atoms with Crippen molar-refractivity contribution in [1.29, 1.82) is 0 Å². The minimum atomic E-state index is 0. The van der Waals surface area contributed by atoms with Crippen LogP contribution < -0.4 is 18.9 Å². The molecular formula is C30H38ClNO4. The number of fused-ring (bicyclic) bond motifs is 1. The first-order valence-electron chi connectivity index (χ1n) is 12.5. The summed E-state index contributed by atoms with van der Waals surface area (Å²) in [6.45, 7) is 3.86. The lowest BCUT2D eigenvalue weighted by Crippen LogP contribution is -2.31. The van der Waals surface area contributed by atoms with E-state index in [-0.39, 0.29) is 12.4 Å². The zero-order chi connectivity index (χ0) is 24.5. The Morgan fingerprint density at radius 3 is 2.31 bits per heavy atom. The molecule has 0 N–H and O–H groups in total. The number of ether oxygens (including phenoxy) is 4. The topological polar surface area (TPSA) is 40.2 Å². The normalized spacial score (nSPS) is 12.9. The van der Waals surface area contributed by atoms with Crippen molar-refractivity contribution in [3.63, 3.8) is 0 Å². The van der Waals surface area contributed by atoms with E-state index in [9.17, 15) is 0 Å². The summed E-state index contributed by atoms with van der Waals surface area (Å²) in [7, 11) is 5.10. The summed E-state index contributed by atoms with van der Waals surface area (Å²) in [5.74, 6) is 3.54. The number of hydrogen-bond donors (Lipinski definition) is 0. The summed E-state index contributed by atoms with van der Waals surface area (Å²) in [6.07, 6.45) is 5.12. The van der Waals surface area contributed by atoms with Crippen LogP contribution in [0.5, 0.6) is 23.0 Å². The van der Waals surface area contributed by atoms with E-state index in [2.05, 4.69) is 53.4 Å². The molecule has 0 aliphatic carbocycles. The molecule has 3 aromatic rings. The Kier molecular flexibility index (Phi) is 10.8. The van der Waals surface area contributed by atoms with Crippen LogP contribution in [0.3, 0.4) is 0 Å². The van der Waals surface area contributed by atoms with Gasteiger partial charge in [0.25, 0.3) is 0 Å². The van der Waals surface area contributed by atoms with Crippen molar-refractivity contribution >= 4 is 12.4 Å². The minimum Gasteiger partial charge on any atom is -0.497 e. The molecule has 194 valence electrons. The first-order chi connectivity index (χ1) is 17.2. The highest BCUT2D eigenvalue weighted by Gasteiger charge is 2.19. The third-order valence-corrected chi connectivity index (χ3v) is 6.71. The number of nitrogens with zero attached hydrogens (tertiary/aromatic N) is 1. The van der Waals surface area contributed by atoms with E-state index in [1.807, 2.05) is 12.1 Å². The quantitative estimate of drug-likeness (QED) is 0.273. The Hall–Kier alpha value is -2.89. The molecule has 0 spiro atoms.